The quantitative estimate of drug-likeness (QED) is 0.809. The zero-order chi connectivity index (χ0) is 12.8. The molecule has 0 radical (unpaired) electrons. The third-order valence-corrected chi connectivity index (χ3v) is 5.04. The monoisotopic (exact) mass is 298 g/mol. The van der Waals surface area contributed by atoms with Crippen LogP contribution in [0.2, 0.25) is 5.02 Å². The molecule has 0 spiro atoms. The van der Waals surface area contributed by atoms with Crippen molar-refractivity contribution in [3.63, 3.8) is 0 Å². The number of hydrogen-bond donors (Lipinski definition) is 1. The van der Waals surface area contributed by atoms with Crippen LogP contribution in [0.25, 0.3) is 0 Å². The molecular weight excluding hydrogens is 284 g/mol. The first-order chi connectivity index (χ1) is 8.79. The number of rotatable bonds is 6. The molecule has 1 aromatic heterocycles. The van der Waals surface area contributed by atoms with Crippen LogP contribution in [0, 0.1) is 0 Å². The third kappa shape index (κ3) is 3.99. The number of benzene rings is 1. The summed E-state index contributed by atoms with van der Waals surface area (Å²) in [7, 11) is 0. The van der Waals surface area contributed by atoms with Gasteiger partial charge < -0.3 is 5.32 Å². The Labute approximate surface area is 121 Å². The molecule has 18 heavy (non-hydrogen) atoms. The fourth-order valence-electron chi connectivity index (χ4n) is 1.45. The van der Waals surface area contributed by atoms with Crippen molar-refractivity contribution in [1.82, 2.24) is 10.3 Å². The van der Waals surface area contributed by atoms with Crippen LogP contribution in [-0.2, 0) is 12.3 Å². The van der Waals surface area contributed by atoms with Crippen LogP contribution in [0.1, 0.15) is 16.8 Å². The second kappa shape index (κ2) is 7.14. The highest BCUT2D eigenvalue weighted by Gasteiger charge is 2.04. The van der Waals surface area contributed by atoms with Crippen molar-refractivity contribution in [2.45, 2.75) is 24.1 Å². The Bertz CT molecular complexity index is 499. The van der Waals surface area contributed by atoms with E-state index in [-0.39, 0.29) is 0 Å². The molecule has 1 N–H and O–H groups in total. The van der Waals surface area contributed by atoms with Gasteiger partial charge in [0.1, 0.15) is 5.01 Å². The molecule has 0 saturated carbocycles. The van der Waals surface area contributed by atoms with Crippen molar-refractivity contribution < 1.29 is 0 Å². The number of hydrogen-bond acceptors (Lipinski definition) is 4. The van der Waals surface area contributed by atoms with Gasteiger partial charge in [0, 0.05) is 22.5 Å². The van der Waals surface area contributed by atoms with Crippen molar-refractivity contribution in [1.29, 1.82) is 0 Å². The van der Waals surface area contributed by atoms with E-state index in [1.165, 1.54) is 4.88 Å². The zero-order valence-corrected chi connectivity index (χ0v) is 12.5. The molecule has 1 aromatic carbocycles. The van der Waals surface area contributed by atoms with Crippen LogP contribution in [-0.4, -0.2) is 11.5 Å². The molecule has 0 amide bonds. The van der Waals surface area contributed by atoms with E-state index in [1.807, 2.05) is 30.5 Å². The lowest BCUT2D eigenvalue weighted by atomic mass is 10.4. The molecule has 2 aromatic rings. The van der Waals surface area contributed by atoms with Crippen molar-refractivity contribution in [2.75, 3.05) is 6.54 Å². The Morgan fingerprint density at radius 2 is 2.22 bits per heavy atom. The van der Waals surface area contributed by atoms with Gasteiger partial charge in [-0.3, -0.25) is 0 Å². The Kier molecular flexibility index (Phi) is 5.50. The molecule has 96 valence electrons. The van der Waals surface area contributed by atoms with Crippen LogP contribution < -0.4 is 5.32 Å². The van der Waals surface area contributed by atoms with Crippen LogP contribution >= 0.6 is 34.7 Å². The standard InChI is InChI=1S/C13H15ClN2S2/c1-2-15-7-10-8-16-13(18-10)9-17-12-6-4-3-5-11(12)14/h3-6,8,15H,2,7,9H2,1H3. The lowest BCUT2D eigenvalue weighted by Crippen LogP contribution is -2.10. The Morgan fingerprint density at radius 3 is 3.00 bits per heavy atom. The van der Waals surface area contributed by atoms with Crippen LogP contribution in [0.15, 0.2) is 35.4 Å². The van der Waals surface area contributed by atoms with Gasteiger partial charge in [0.25, 0.3) is 0 Å². The molecule has 0 unspecified atom stereocenters. The fraction of sp³-hybridized carbons (Fsp3) is 0.308. The highest BCUT2D eigenvalue weighted by Crippen LogP contribution is 2.30. The van der Waals surface area contributed by atoms with E-state index in [0.717, 1.165) is 33.8 Å². The van der Waals surface area contributed by atoms with Gasteiger partial charge in [-0.2, -0.15) is 0 Å². The van der Waals surface area contributed by atoms with Gasteiger partial charge in [-0.15, -0.1) is 23.1 Å². The number of aromatic nitrogens is 1. The summed E-state index contributed by atoms with van der Waals surface area (Å²) in [6.45, 7) is 4.00. The topological polar surface area (TPSA) is 24.9 Å². The molecule has 2 rings (SSSR count). The molecule has 5 heteroatoms. The minimum atomic E-state index is 0.812. The van der Waals surface area contributed by atoms with Gasteiger partial charge >= 0.3 is 0 Å². The van der Waals surface area contributed by atoms with E-state index >= 15 is 0 Å². The van der Waals surface area contributed by atoms with E-state index in [2.05, 4.69) is 17.2 Å². The summed E-state index contributed by atoms with van der Waals surface area (Å²) in [5, 5.41) is 5.26. The van der Waals surface area contributed by atoms with Crippen LogP contribution in [0.4, 0.5) is 0 Å². The molecule has 1 heterocycles. The summed E-state index contributed by atoms with van der Waals surface area (Å²) < 4.78 is 0. The predicted molar refractivity (Wildman–Crippen MR) is 80.5 cm³/mol. The zero-order valence-electron chi connectivity index (χ0n) is 10.1. The predicted octanol–water partition coefficient (Wildman–Crippen LogP) is 4.20. The van der Waals surface area contributed by atoms with E-state index in [4.69, 9.17) is 11.6 Å². The molecule has 2 nitrogen and oxygen atoms in total. The summed E-state index contributed by atoms with van der Waals surface area (Å²) in [6.07, 6.45) is 1.95. The van der Waals surface area contributed by atoms with Gasteiger partial charge in [0.05, 0.1) is 10.8 Å². The highest BCUT2D eigenvalue weighted by atomic mass is 35.5. The van der Waals surface area contributed by atoms with E-state index in [1.54, 1.807) is 23.1 Å². The third-order valence-electron chi connectivity index (χ3n) is 2.34. The second-order valence-electron chi connectivity index (χ2n) is 3.72. The summed E-state index contributed by atoms with van der Waals surface area (Å²) in [6, 6.07) is 7.92. The molecule has 0 fully saturated rings. The number of nitrogens with one attached hydrogen (secondary N) is 1. The lowest BCUT2D eigenvalue weighted by molar-refractivity contribution is 0.734. The van der Waals surface area contributed by atoms with Crippen molar-refractivity contribution in [3.05, 3.63) is 45.4 Å². The van der Waals surface area contributed by atoms with Crippen LogP contribution in [0.5, 0.6) is 0 Å². The van der Waals surface area contributed by atoms with Gasteiger partial charge in [-0.25, -0.2) is 4.98 Å². The SMILES string of the molecule is CCNCc1cnc(CSc2ccccc2Cl)s1. The normalized spacial score (nSPS) is 10.8. The smallest absolute Gasteiger partial charge is 0.103 e. The first-order valence-electron chi connectivity index (χ1n) is 5.81. The largest absolute Gasteiger partial charge is 0.312 e. The Hall–Kier alpha value is -0.550. The minimum absolute atomic E-state index is 0.812. The average Bonchev–Trinajstić information content (AvgIpc) is 2.83. The van der Waals surface area contributed by atoms with Gasteiger partial charge in [-0.05, 0) is 18.7 Å². The first-order valence-corrected chi connectivity index (χ1v) is 7.99. The van der Waals surface area contributed by atoms with E-state index in [9.17, 15) is 0 Å². The molecule has 0 atom stereocenters. The van der Waals surface area contributed by atoms with Crippen molar-refractivity contribution in [2.24, 2.45) is 0 Å². The van der Waals surface area contributed by atoms with E-state index < -0.39 is 0 Å². The lowest BCUT2D eigenvalue weighted by Gasteiger charge is -2.01. The van der Waals surface area contributed by atoms with Crippen molar-refractivity contribution in [3.8, 4) is 0 Å². The summed E-state index contributed by atoms with van der Waals surface area (Å²) in [5.41, 5.74) is 0. The molecular formula is C13H15ClN2S2. The number of thiazole rings is 1. The highest BCUT2D eigenvalue weighted by molar-refractivity contribution is 7.98. The average molecular weight is 299 g/mol. The number of nitrogens with zero attached hydrogens (tertiary/aromatic N) is 1. The second-order valence-corrected chi connectivity index (χ2v) is 6.34. The Morgan fingerprint density at radius 1 is 1.39 bits per heavy atom. The maximum absolute atomic E-state index is 6.12. The van der Waals surface area contributed by atoms with Gasteiger partial charge in [-0.1, -0.05) is 30.7 Å². The summed E-state index contributed by atoms with van der Waals surface area (Å²) >= 11 is 9.61. The number of halogens is 1. The van der Waals surface area contributed by atoms with E-state index in [0.29, 0.717) is 0 Å². The van der Waals surface area contributed by atoms with Crippen LogP contribution in [0.3, 0.4) is 0 Å². The minimum Gasteiger partial charge on any atom is -0.312 e. The maximum Gasteiger partial charge on any atom is 0.103 e. The first kappa shape index (κ1) is 13.9. The summed E-state index contributed by atoms with van der Waals surface area (Å²) in [5.74, 6) is 0.876. The molecule has 0 aliphatic heterocycles. The molecule has 0 saturated heterocycles. The maximum atomic E-state index is 6.12. The summed E-state index contributed by atoms with van der Waals surface area (Å²) in [4.78, 5) is 6.83. The molecule has 0 aliphatic carbocycles. The molecule has 0 bridgehead atoms. The van der Waals surface area contributed by atoms with Crippen molar-refractivity contribution >= 4 is 34.7 Å². The fourth-order valence-corrected chi connectivity index (χ4v) is 3.58. The molecule has 0 aliphatic rings. The van der Waals surface area contributed by atoms with Gasteiger partial charge in [0.2, 0.25) is 0 Å². The van der Waals surface area contributed by atoms with Gasteiger partial charge in [0.15, 0.2) is 0 Å². The Balaban J connectivity index is 1.90. The number of thioether (sulfide) groups is 1.